The van der Waals surface area contributed by atoms with Crippen molar-refractivity contribution >= 4 is 11.7 Å². The monoisotopic (exact) mass is 209 g/mol. The molecular formula is C11H15NO3. The van der Waals surface area contributed by atoms with Gasteiger partial charge < -0.3 is 15.6 Å². The fourth-order valence-electron chi connectivity index (χ4n) is 1.27. The summed E-state index contributed by atoms with van der Waals surface area (Å²) in [7, 11) is 0. The quantitative estimate of drug-likeness (QED) is 0.742. The molecule has 0 heterocycles. The van der Waals surface area contributed by atoms with Crippen LogP contribution in [0.4, 0.5) is 5.69 Å². The minimum absolute atomic E-state index is 0.430. The summed E-state index contributed by atoms with van der Waals surface area (Å²) in [6.07, 6.45) is -0.369. The third-order valence-corrected chi connectivity index (χ3v) is 2.11. The van der Waals surface area contributed by atoms with E-state index in [1.807, 2.05) is 6.92 Å². The molecule has 0 aliphatic rings. The second-order valence-corrected chi connectivity index (χ2v) is 3.38. The molecule has 0 aliphatic carbocycles. The number of carbonyl (C=O) groups is 1. The molecule has 0 spiro atoms. The summed E-state index contributed by atoms with van der Waals surface area (Å²) < 4.78 is 5.36. The maximum Gasteiger partial charge on any atom is 0.344 e. The molecule has 0 fully saturated rings. The van der Waals surface area contributed by atoms with Gasteiger partial charge in [-0.25, -0.2) is 4.79 Å². The number of aryl methyl sites for hydroxylation is 1. The first-order valence-electron chi connectivity index (χ1n) is 4.80. The number of carboxylic acid groups (broad SMARTS) is 1. The van der Waals surface area contributed by atoms with Crippen molar-refractivity contribution in [2.24, 2.45) is 0 Å². The Morgan fingerprint density at radius 2 is 2.27 bits per heavy atom. The molecule has 0 radical (unpaired) electrons. The number of hydrogen-bond acceptors (Lipinski definition) is 3. The van der Waals surface area contributed by atoms with Gasteiger partial charge in [0.25, 0.3) is 0 Å². The van der Waals surface area contributed by atoms with E-state index in [-0.39, 0.29) is 0 Å². The maximum atomic E-state index is 10.8. The summed E-state index contributed by atoms with van der Waals surface area (Å²) in [6, 6.07) is 5.14. The van der Waals surface area contributed by atoms with Crippen LogP contribution in [0.5, 0.6) is 5.75 Å². The van der Waals surface area contributed by atoms with Gasteiger partial charge >= 0.3 is 5.97 Å². The zero-order chi connectivity index (χ0) is 11.4. The summed E-state index contributed by atoms with van der Waals surface area (Å²) in [4.78, 5) is 10.8. The molecule has 0 aliphatic heterocycles. The molecule has 1 rings (SSSR count). The Labute approximate surface area is 88.7 Å². The van der Waals surface area contributed by atoms with E-state index in [4.69, 9.17) is 15.6 Å². The molecule has 3 N–H and O–H groups in total. The van der Waals surface area contributed by atoms with Crippen LogP contribution < -0.4 is 10.5 Å². The number of hydrogen-bond donors (Lipinski definition) is 2. The first-order chi connectivity index (χ1) is 7.04. The van der Waals surface area contributed by atoms with Crippen LogP contribution in [0.15, 0.2) is 18.2 Å². The van der Waals surface area contributed by atoms with Crippen molar-refractivity contribution in [3.63, 3.8) is 0 Å². The number of ether oxygens (including phenoxy) is 1. The number of nitrogens with two attached hydrogens (primary N) is 1. The van der Waals surface area contributed by atoms with Crippen LogP contribution in [-0.2, 0) is 4.79 Å². The largest absolute Gasteiger partial charge is 0.479 e. The SMILES string of the molecule is CCC(Oc1ccc(N)cc1C)C(=O)O. The zero-order valence-corrected chi connectivity index (χ0v) is 8.86. The molecule has 1 atom stereocenters. The van der Waals surface area contributed by atoms with E-state index in [0.29, 0.717) is 17.9 Å². The smallest absolute Gasteiger partial charge is 0.344 e. The predicted molar refractivity (Wildman–Crippen MR) is 57.9 cm³/mol. The summed E-state index contributed by atoms with van der Waals surface area (Å²) in [6.45, 7) is 3.60. The molecule has 4 nitrogen and oxygen atoms in total. The van der Waals surface area contributed by atoms with Gasteiger partial charge in [0.1, 0.15) is 5.75 Å². The lowest BCUT2D eigenvalue weighted by Crippen LogP contribution is -2.26. The van der Waals surface area contributed by atoms with Crippen LogP contribution in [0.25, 0.3) is 0 Å². The van der Waals surface area contributed by atoms with Crippen LogP contribution in [0.3, 0.4) is 0 Å². The van der Waals surface area contributed by atoms with Gasteiger partial charge in [-0.1, -0.05) is 6.92 Å². The highest BCUT2D eigenvalue weighted by Gasteiger charge is 2.17. The van der Waals surface area contributed by atoms with Gasteiger partial charge in [-0.15, -0.1) is 0 Å². The summed E-state index contributed by atoms with van der Waals surface area (Å²) in [5, 5.41) is 8.83. The molecule has 82 valence electrons. The van der Waals surface area contributed by atoms with Crippen LogP contribution >= 0.6 is 0 Å². The van der Waals surface area contributed by atoms with Crippen molar-refractivity contribution in [2.45, 2.75) is 26.4 Å². The van der Waals surface area contributed by atoms with Gasteiger partial charge in [0, 0.05) is 5.69 Å². The molecule has 0 aromatic heterocycles. The average molecular weight is 209 g/mol. The van der Waals surface area contributed by atoms with Crippen LogP contribution in [-0.4, -0.2) is 17.2 Å². The highest BCUT2D eigenvalue weighted by Crippen LogP contribution is 2.21. The number of carboxylic acids is 1. The maximum absolute atomic E-state index is 10.8. The fourth-order valence-corrected chi connectivity index (χ4v) is 1.27. The number of nitrogen functional groups attached to an aromatic ring is 1. The number of benzene rings is 1. The van der Waals surface area contributed by atoms with Crippen molar-refractivity contribution in [1.29, 1.82) is 0 Å². The summed E-state index contributed by atoms with van der Waals surface area (Å²) in [5.74, 6) is -0.382. The normalized spacial score (nSPS) is 12.1. The second-order valence-electron chi connectivity index (χ2n) is 3.38. The number of aliphatic carboxylic acids is 1. The Hall–Kier alpha value is -1.71. The molecule has 1 unspecified atom stereocenters. The number of rotatable bonds is 4. The highest BCUT2D eigenvalue weighted by atomic mass is 16.5. The van der Waals surface area contributed by atoms with E-state index in [2.05, 4.69) is 0 Å². The molecule has 1 aromatic carbocycles. The molecule has 0 amide bonds. The Balaban J connectivity index is 2.84. The van der Waals surface area contributed by atoms with Crippen LogP contribution in [0.1, 0.15) is 18.9 Å². The highest BCUT2D eigenvalue weighted by molar-refractivity contribution is 5.72. The zero-order valence-electron chi connectivity index (χ0n) is 8.86. The Bertz CT molecular complexity index is 363. The van der Waals surface area contributed by atoms with Crippen molar-refractivity contribution in [3.05, 3.63) is 23.8 Å². The molecule has 4 heteroatoms. The van der Waals surface area contributed by atoms with Gasteiger partial charge in [-0.2, -0.15) is 0 Å². The van der Waals surface area contributed by atoms with Crippen molar-refractivity contribution in [1.82, 2.24) is 0 Å². The van der Waals surface area contributed by atoms with E-state index in [0.717, 1.165) is 5.56 Å². The van der Waals surface area contributed by atoms with E-state index < -0.39 is 12.1 Å². The van der Waals surface area contributed by atoms with Crippen molar-refractivity contribution in [2.75, 3.05) is 5.73 Å². The van der Waals surface area contributed by atoms with Crippen LogP contribution in [0, 0.1) is 6.92 Å². The Morgan fingerprint density at radius 3 is 2.73 bits per heavy atom. The van der Waals surface area contributed by atoms with E-state index in [9.17, 15) is 4.79 Å². The summed E-state index contributed by atoms with van der Waals surface area (Å²) >= 11 is 0. The topological polar surface area (TPSA) is 72.5 Å². The van der Waals surface area contributed by atoms with E-state index in [1.54, 1.807) is 25.1 Å². The van der Waals surface area contributed by atoms with E-state index >= 15 is 0 Å². The Morgan fingerprint density at radius 1 is 1.60 bits per heavy atom. The first kappa shape index (κ1) is 11.4. The molecule has 15 heavy (non-hydrogen) atoms. The first-order valence-corrected chi connectivity index (χ1v) is 4.80. The van der Waals surface area contributed by atoms with E-state index in [1.165, 1.54) is 0 Å². The van der Waals surface area contributed by atoms with Gasteiger partial charge in [-0.05, 0) is 37.1 Å². The van der Waals surface area contributed by atoms with Crippen LogP contribution in [0.2, 0.25) is 0 Å². The third kappa shape index (κ3) is 2.87. The standard InChI is InChI=1S/C11H15NO3/c1-3-9(11(13)14)15-10-5-4-8(12)6-7(10)2/h4-6,9H,3,12H2,1-2H3,(H,13,14). The molecule has 1 aromatic rings. The lowest BCUT2D eigenvalue weighted by Gasteiger charge is -2.15. The predicted octanol–water partition coefficient (Wildman–Crippen LogP) is 1.82. The third-order valence-electron chi connectivity index (χ3n) is 2.11. The lowest BCUT2D eigenvalue weighted by atomic mass is 10.2. The van der Waals surface area contributed by atoms with Gasteiger partial charge in [0.15, 0.2) is 6.10 Å². The summed E-state index contributed by atoms with van der Waals surface area (Å²) in [5.41, 5.74) is 7.06. The van der Waals surface area contributed by atoms with Gasteiger partial charge in [0.05, 0.1) is 0 Å². The fraction of sp³-hybridized carbons (Fsp3) is 0.364. The minimum Gasteiger partial charge on any atom is -0.479 e. The molecule has 0 saturated carbocycles. The number of anilines is 1. The average Bonchev–Trinajstić information content (AvgIpc) is 2.16. The van der Waals surface area contributed by atoms with Gasteiger partial charge in [-0.3, -0.25) is 0 Å². The Kier molecular flexibility index (Phi) is 3.55. The lowest BCUT2D eigenvalue weighted by molar-refractivity contribution is -0.145. The molecular weight excluding hydrogens is 194 g/mol. The second kappa shape index (κ2) is 4.68. The molecule has 0 saturated heterocycles. The minimum atomic E-state index is -0.950. The van der Waals surface area contributed by atoms with Crippen molar-refractivity contribution in [3.8, 4) is 5.75 Å². The molecule has 0 bridgehead atoms. The van der Waals surface area contributed by atoms with Gasteiger partial charge in [0.2, 0.25) is 0 Å². The van der Waals surface area contributed by atoms with Crippen molar-refractivity contribution < 1.29 is 14.6 Å².